The van der Waals surface area contributed by atoms with Crippen LogP contribution in [-0.4, -0.2) is 10.0 Å². The summed E-state index contributed by atoms with van der Waals surface area (Å²) in [6.45, 7) is 0. The molecule has 0 spiro atoms. The van der Waals surface area contributed by atoms with Gasteiger partial charge in [0.05, 0.1) is 16.6 Å². The van der Waals surface area contributed by atoms with Gasteiger partial charge < -0.3 is 5.11 Å². The zero-order valence-electron chi connectivity index (χ0n) is 9.69. The number of nitro groups is 1. The number of para-hydroxylation sites is 1. The largest absolute Gasteiger partial charge is 0.388 e. The van der Waals surface area contributed by atoms with E-state index in [1.807, 2.05) is 30.3 Å². The molecule has 1 N–H and O–H groups in total. The van der Waals surface area contributed by atoms with Crippen LogP contribution in [0.3, 0.4) is 0 Å². The van der Waals surface area contributed by atoms with Gasteiger partial charge in [0.2, 0.25) is 0 Å². The fraction of sp³-hybridized carbons (Fsp3) is 0.143. The summed E-state index contributed by atoms with van der Waals surface area (Å²) < 4.78 is 0. The van der Waals surface area contributed by atoms with Crippen molar-refractivity contribution in [3.8, 4) is 0 Å². The Morgan fingerprint density at radius 1 is 1.06 bits per heavy atom. The number of nitro benzene ring substituents is 1. The lowest BCUT2D eigenvalue weighted by atomic mass is 10.0. The molecule has 0 radical (unpaired) electrons. The maximum Gasteiger partial charge on any atom is 0.275 e. The molecule has 0 aliphatic heterocycles. The minimum Gasteiger partial charge on any atom is -0.388 e. The molecule has 0 amide bonds. The summed E-state index contributed by atoms with van der Waals surface area (Å²) in [7, 11) is 0. The van der Waals surface area contributed by atoms with Gasteiger partial charge in [-0.15, -0.1) is 0 Å². The van der Waals surface area contributed by atoms with Gasteiger partial charge in [0.1, 0.15) is 0 Å². The molecule has 2 rings (SSSR count). The first kappa shape index (κ1) is 12.3. The van der Waals surface area contributed by atoms with Crippen molar-refractivity contribution in [1.29, 1.82) is 0 Å². The van der Waals surface area contributed by atoms with Crippen LogP contribution in [0.15, 0.2) is 54.6 Å². The number of hydrogen-bond acceptors (Lipinski definition) is 3. The van der Waals surface area contributed by atoms with Crippen molar-refractivity contribution in [3.05, 3.63) is 75.8 Å². The van der Waals surface area contributed by atoms with Crippen LogP contribution in [0.2, 0.25) is 0 Å². The Morgan fingerprint density at radius 2 is 1.67 bits per heavy atom. The van der Waals surface area contributed by atoms with E-state index in [1.54, 1.807) is 18.2 Å². The van der Waals surface area contributed by atoms with Crippen molar-refractivity contribution in [2.45, 2.75) is 12.5 Å². The summed E-state index contributed by atoms with van der Waals surface area (Å²) in [5, 5.41) is 21.0. The third-order valence-electron chi connectivity index (χ3n) is 2.76. The third kappa shape index (κ3) is 2.73. The van der Waals surface area contributed by atoms with Gasteiger partial charge in [-0.1, -0.05) is 42.5 Å². The predicted octanol–water partition coefficient (Wildman–Crippen LogP) is 2.87. The Labute approximate surface area is 105 Å². The first-order chi connectivity index (χ1) is 8.68. The SMILES string of the molecule is O=[N+]([O-])c1ccccc1C(O)Cc1ccccc1. The van der Waals surface area contributed by atoms with Gasteiger partial charge in [0.15, 0.2) is 0 Å². The van der Waals surface area contributed by atoms with Crippen molar-refractivity contribution < 1.29 is 10.0 Å². The quantitative estimate of drug-likeness (QED) is 0.663. The molecule has 0 aromatic heterocycles. The number of aliphatic hydroxyl groups excluding tert-OH is 1. The van der Waals surface area contributed by atoms with Crippen molar-refractivity contribution in [1.82, 2.24) is 0 Å². The van der Waals surface area contributed by atoms with Gasteiger partial charge in [0, 0.05) is 12.5 Å². The van der Waals surface area contributed by atoms with E-state index in [-0.39, 0.29) is 5.69 Å². The zero-order chi connectivity index (χ0) is 13.0. The number of aliphatic hydroxyl groups is 1. The topological polar surface area (TPSA) is 63.4 Å². The summed E-state index contributed by atoms with van der Waals surface area (Å²) in [4.78, 5) is 10.4. The lowest BCUT2D eigenvalue weighted by Gasteiger charge is -2.11. The molecule has 4 heteroatoms. The molecule has 18 heavy (non-hydrogen) atoms. The summed E-state index contributed by atoms with van der Waals surface area (Å²) in [5.41, 5.74) is 1.26. The van der Waals surface area contributed by atoms with Gasteiger partial charge >= 0.3 is 0 Å². The third-order valence-corrected chi connectivity index (χ3v) is 2.76. The smallest absolute Gasteiger partial charge is 0.275 e. The van der Waals surface area contributed by atoms with Crippen molar-refractivity contribution in [2.75, 3.05) is 0 Å². The molecular formula is C14H13NO3. The molecule has 2 aromatic rings. The minimum atomic E-state index is -0.867. The molecule has 1 unspecified atom stereocenters. The Hall–Kier alpha value is -2.20. The fourth-order valence-electron chi connectivity index (χ4n) is 1.88. The van der Waals surface area contributed by atoms with Gasteiger partial charge in [-0.05, 0) is 11.6 Å². The highest BCUT2D eigenvalue weighted by Crippen LogP contribution is 2.27. The second-order valence-electron chi connectivity index (χ2n) is 4.02. The van der Waals surface area contributed by atoms with E-state index in [4.69, 9.17) is 0 Å². The predicted molar refractivity (Wildman–Crippen MR) is 68.2 cm³/mol. The van der Waals surface area contributed by atoms with Gasteiger partial charge in [-0.2, -0.15) is 0 Å². The maximum absolute atomic E-state index is 10.9. The van der Waals surface area contributed by atoms with Gasteiger partial charge in [-0.3, -0.25) is 10.1 Å². The zero-order valence-corrected chi connectivity index (χ0v) is 9.69. The Kier molecular flexibility index (Phi) is 3.69. The highest BCUT2D eigenvalue weighted by Gasteiger charge is 2.19. The molecule has 0 heterocycles. The first-order valence-corrected chi connectivity index (χ1v) is 5.64. The van der Waals surface area contributed by atoms with Crippen molar-refractivity contribution in [2.24, 2.45) is 0 Å². The Bertz CT molecular complexity index is 540. The second kappa shape index (κ2) is 5.42. The van der Waals surface area contributed by atoms with Crippen LogP contribution in [0.4, 0.5) is 5.69 Å². The van der Waals surface area contributed by atoms with Crippen LogP contribution >= 0.6 is 0 Å². The molecule has 1 atom stereocenters. The van der Waals surface area contributed by atoms with E-state index in [0.29, 0.717) is 12.0 Å². The van der Waals surface area contributed by atoms with Crippen LogP contribution in [0.1, 0.15) is 17.2 Å². The first-order valence-electron chi connectivity index (χ1n) is 5.64. The molecule has 0 saturated heterocycles. The minimum absolute atomic E-state index is 0.0408. The molecule has 0 bridgehead atoms. The summed E-state index contributed by atoms with van der Waals surface area (Å²) in [6, 6.07) is 15.7. The van der Waals surface area contributed by atoms with Crippen LogP contribution in [0, 0.1) is 10.1 Å². The van der Waals surface area contributed by atoms with Crippen LogP contribution in [0.5, 0.6) is 0 Å². The number of nitrogens with zero attached hydrogens (tertiary/aromatic N) is 1. The van der Waals surface area contributed by atoms with E-state index in [0.717, 1.165) is 5.56 Å². The molecule has 92 valence electrons. The summed E-state index contributed by atoms with van der Waals surface area (Å²) in [6.07, 6.45) is -0.500. The molecule has 0 fully saturated rings. The molecule has 4 nitrogen and oxygen atoms in total. The summed E-state index contributed by atoms with van der Waals surface area (Å²) in [5.74, 6) is 0. The average Bonchev–Trinajstić information content (AvgIpc) is 2.40. The van der Waals surface area contributed by atoms with E-state index >= 15 is 0 Å². The number of benzene rings is 2. The Balaban J connectivity index is 2.24. The van der Waals surface area contributed by atoms with E-state index in [1.165, 1.54) is 6.07 Å². The number of hydrogen-bond donors (Lipinski definition) is 1. The molecule has 0 aliphatic carbocycles. The van der Waals surface area contributed by atoms with Crippen molar-refractivity contribution >= 4 is 5.69 Å². The van der Waals surface area contributed by atoms with Crippen LogP contribution < -0.4 is 0 Å². The van der Waals surface area contributed by atoms with E-state index in [2.05, 4.69) is 0 Å². The number of rotatable bonds is 4. The fourth-order valence-corrected chi connectivity index (χ4v) is 1.88. The highest BCUT2D eigenvalue weighted by molar-refractivity contribution is 5.41. The van der Waals surface area contributed by atoms with Crippen LogP contribution in [0.25, 0.3) is 0 Å². The Morgan fingerprint density at radius 3 is 2.33 bits per heavy atom. The maximum atomic E-state index is 10.9. The van der Waals surface area contributed by atoms with Crippen LogP contribution in [-0.2, 0) is 6.42 Å². The lowest BCUT2D eigenvalue weighted by molar-refractivity contribution is -0.386. The van der Waals surface area contributed by atoms with Gasteiger partial charge in [-0.25, -0.2) is 0 Å². The summed E-state index contributed by atoms with van der Waals surface area (Å²) >= 11 is 0. The highest BCUT2D eigenvalue weighted by atomic mass is 16.6. The monoisotopic (exact) mass is 243 g/mol. The average molecular weight is 243 g/mol. The van der Waals surface area contributed by atoms with Gasteiger partial charge in [0.25, 0.3) is 5.69 Å². The van der Waals surface area contributed by atoms with Crippen molar-refractivity contribution in [3.63, 3.8) is 0 Å². The molecule has 0 saturated carbocycles. The van der Waals surface area contributed by atoms with E-state index < -0.39 is 11.0 Å². The molecule has 0 aliphatic rings. The van der Waals surface area contributed by atoms with E-state index in [9.17, 15) is 15.2 Å². The standard InChI is InChI=1S/C14H13NO3/c16-14(10-11-6-2-1-3-7-11)12-8-4-5-9-13(12)15(17)18/h1-9,14,16H,10H2. The molecule has 2 aromatic carbocycles. The normalized spacial score (nSPS) is 12.1. The lowest BCUT2D eigenvalue weighted by Crippen LogP contribution is -2.05. The second-order valence-corrected chi connectivity index (χ2v) is 4.02. The molecular weight excluding hydrogens is 230 g/mol.